The van der Waals surface area contributed by atoms with E-state index >= 15 is 0 Å². The van der Waals surface area contributed by atoms with Gasteiger partial charge in [-0.15, -0.1) is 0 Å². The van der Waals surface area contributed by atoms with Crippen LogP contribution in [0.3, 0.4) is 0 Å². The molecule has 1 fully saturated rings. The van der Waals surface area contributed by atoms with Crippen LogP contribution in [-0.4, -0.2) is 0 Å². The number of hydrogen-bond donors (Lipinski definition) is 1. The molecule has 0 atom stereocenters. The van der Waals surface area contributed by atoms with Crippen molar-refractivity contribution < 1.29 is 4.98 Å². The Kier molecular flexibility index (Phi) is 2.23. The molecule has 2 aliphatic rings. The van der Waals surface area contributed by atoms with Gasteiger partial charge in [0.15, 0.2) is 0 Å². The number of aromatic nitrogens is 1. The van der Waals surface area contributed by atoms with E-state index in [2.05, 4.69) is 4.98 Å². The number of aromatic amines is 1. The largest absolute Gasteiger partial charge is 0.329 e. The molecule has 82 valence electrons. The molecule has 2 aliphatic carbocycles. The standard InChI is InChI=1S/C12H18N2S/c13-11-14-10-9(15-11)5-1-2-6-12(10)7-3-4-8-12/h1-8H2,(H2,13,14)/p+1. The van der Waals surface area contributed by atoms with E-state index < -0.39 is 0 Å². The van der Waals surface area contributed by atoms with Crippen LogP contribution in [0.25, 0.3) is 0 Å². The van der Waals surface area contributed by atoms with Gasteiger partial charge in [0, 0.05) is 5.41 Å². The number of H-pyrrole nitrogens is 1. The second kappa shape index (κ2) is 3.48. The SMILES string of the molecule is Nc1[nH+]c2c(s1)CCCCC21CCCC1. The number of hydrogen-bond acceptors (Lipinski definition) is 2. The van der Waals surface area contributed by atoms with Gasteiger partial charge < -0.3 is 0 Å². The highest BCUT2D eigenvalue weighted by molar-refractivity contribution is 7.15. The fourth-order valence-corrected chi connectivity index (χ4v) is 4.47. The summed E-state index contributed by atoms with van der Waals surface area (Å²) in [5.74, 6) is 0. The molecule has 0 saturated heterocycles. The van der Waals surface area contributed by atoms with Crippen LogP contribution in [-0.2, 0) is 11.8 Å². The van der Waals surface area contributed by atoms with Gasteiger partial charge in [-0.3, -0.25) is 5.73 Å². The van der Waals surface area contributed by atoms with Crippen molar-refractivity contribution in [3.8, 4) is 0 Å². The normalized spacial score (nSPS) is 24.0. The molecule has 3 heteroatoms. The van der Waals surface area contributed by atoms with Crippen molar-refractivity contribution in [2.75, 3.05) is 5.73 Å². The van der Waals surface area contributed by atoms with Crippen molar-refractivity contribution in [1.29, 1.82) is 0 Å². The van der Waals surface area contributed by atoms with Crippen molar-refractivity contribution in [1.82, 2.24) is 0 Å². The van der Waals surface area contributed by atoms with Gasteiger partial charge in [0.25, 0.3) is 0 Å². The van der Waals surface area contributed by atoms with Crippen molar-refractivity contribution in [2.45, 2.75) is 56.8 Å². The fraction of sp³-hybridized carbons (Fsp3) is 0.750. The third-order valence-electron chi connectivity index (χ3n) is 4.16. The highest BCUT2D eigenvalue weighted by Crippen LogP contribution is 2.47. The van der Waals surface area contributed by atoms with Gasteiger partial charge in [0.05, 0.1) is 4.88 Å². The molecular formula is C12H19N2S+. The summed E-state index contributed by atoms with van der Waals surface area (Å²) in [6.07, 6.45) is 10.9. The van der Waals surface area contributed by atoms with Gasteiger partial charge in [-0.1, -0.05) is 30.6 Å². The zero-order valence-electron chi connectivity index (χ0n) is 9.14. The molecule has 0 amide bonds. The first-order valence-electron chi connectivity index (χ1n) is 6.11. The Morgan fingerprint density at radius 1 is 1.07 bits per heavy atom. The Hall–Kier alpha value is -0.570. The Balaban J connectivity index is 2.08. The second-order valence-electron chi connectivity index (χ2n) is 5.08. The molecule has 2 nitrogen and oxygen atoms in total. The van der Waals surface area contributed by atoms with Gasteiger partial charge in [0.1, 0.15) is 5.69 Å². The highest BCUT2D eigenvalue weighted by atomic mass is 32.1. The summed E-state index contributed by atoms with van der Waals surface area (Å²) >= 11 is 1.79. The predicted octanol–water partition coefficient (Wildman–Crippen LogP) is 2.68. The minimum absolute atomic E-state index is 0.486. The molecule has 3 rings (SSSR count). The van der Waals surface area contributed by atoms with Crippen LogP contribution in [0.1, 0.15) is 55.5 Å². The maximum absolute atomic E-state index is 5.92. The van der Waals surface area contributed by atoms with Gasteiger partial charge in [-0.2, -0.15) is 0 Å². The van der Waals surface area contributed by atoms with E-state index in [0.29, 0.717) is 5.41 Å². The lowest BCUT2D eigenvalue weighted by atomic mass is 9.79. The van der Waals surface area contributed by atoms with Crippen molar-refractivity contribution >= 4 is 16.5 Å². The van der Waals surface area contributed by atoms with E-state index in [1.807, 2.05) is 0 Å². The summed E-state index contributed by atoms with van der Waals surface area (Å²) in [6.45, 7) is 0. The first-order chi connectivity index (χ1) is 7.30. The summed E-state index contributed by atoms with van der Waals surface area (Å²) in [7, 11) is 0. The van der Waals surface area contributed by atoms with Gasteiger partial charge in [0.2, 0.25) is 0 Å². The van der Waals surface area contributed by atoms with E-state index in [1.165, 1.54) is 57.1 Å². The lowest BCUT2D eigenvalue weighted by Gasteiger charge is -2.24. The number of nitrogens with one attached hydrogen (secondary N) is 1. The quantitative estimate of drug-likeness (QED) is 0.721. The van der Waals surface area contributed by atoms with Crippen LogP contribution in [0.5, 0.6) is 0 Å². The lowest BCUT2D eigenvalue weighted by Crippen LogP contribution is -2.29. The van der Waals surface area contributed by atoms with Crippen LogP contribution in [0.2, 0.25) is 0 Å². The smallest absolute Gasteiger partial charge is 0.278 e. The van der Waals surface area contributed by atoms with Gasteiger partial charge >= 0.3 is 5.13 Å². The molecule has 1 aromatic heterocycles. The Morgan fingerprint density at radius 2 is 1.73 bits per heavy atom. The van der Waals surface area contributed by atoms with Crippen LogP contribution >= 0.6 is 11.3 Å². The van der Waals surface area contributed by atoms with Gasteiger partial charge in [-0.25, -0.2) is 4.98 Å². The second-order valence-corrected chi connectivity index (χ2v) is 6.22. The molecule has 1 spiro atoms. The summed E-state index contributed by atoms with van der Waals surface area (Å²) in [5.41, 5.74) is 7.92. The molecule has 1 aromatic rings. The average molecular weight is 223 g/mol. The maximum Gasteiger partial charge on any atom is 0.329 e. The molecule has 0 bridgehead atoms. The number of aryl methyl sites for hydroxylation is 1. The number of thiazole rings is 1. The Morgan fingerprint density at radius 3 is 2.47 bits per heavy atom. The van der Waals surface area contributed by atoms with E-state index in [-0.39, 0.29) is 0 Å². The van der Waals surface area contributed by atoms with Gasteiger partial charge in [-0.05, 0) is 32.1 Å². The summed E-state index contributed by atoms with van der Waals surface area (Å²) in [4.78, 5) is 5.01. The highest BCUT2D eigenvalue weighted by Gasteiger charge is 2.42. The topological polar surface area (TPSA) is 40.2 Å². The maximum atomic E-state index is 5.92. The van der Waals surface area contributed by atoms with Crippen LogP contribution in [0, 0.1) is 0 Å². The molecule has 0 aliphatic heterocycles. The van der Waals surface area contributed by atoms with E-state index in [4.69, 9.17) is 5.73 Å². The lowest BCUT2D eigenvalue weighted by molar-refractivity contribution is -0.375. The fourth-order valence-electron chi connectivity index (χ4n) is 3.43. The predicted molar refractivity (Wildman–Crippen MR) is 63.0 cm³/mol. The van der Waals surface area contributed by atoms with Crippen molar-refractivity contribution in [2.24, 2.45) is 0 Å². The molecule has 1 heterocycles. The summed E-state index contributed by atoms with van der Waals surface area (Å²) in [6, 6.07) is 0. The van der Waals surface area contributed by atoms with Crippen LogP contribution in [0.4, 0.5) is 5.13 Å². The van der Waals surface area contributed by atoms with E-state index in [9.17, 15) is 0 Å². The third kappa shape index (κ3) is 1.48. The number of rotatable bonds is 0. The number of nitrogen functional groups attached to an aromatic ring is 1. The summed E-state index contributed by atoms with van der Waals surface area (Å²) < 4.78 is 0. The van der Waals surface area contributed by atoms with E-state index in [0.717, 1.165) is 5.13 Å². The first kappa shape index (κ1) is 9.64. The van der Waals surface area contributed by atoms with E-state index in [1.54, 1.807) is 16.2 Å². The number of nitrogens with two attached hydrogens (primary N) is 1. The van der Waals surface area contributed by atoms with Crippen molar-refractivity contribution in [3.63, 3.8) is 0 Å². The monoisotopic (exact) mass is 223 g/mol. The minimum Gasteiger partial charge on any atom is -0.278 e. The number of anilines is 1. The Bertz CT molecular complexity index is 364. The first-order valence-corrected chi connectivity index (χ1v) is 6.93. The molecule has 0 aromatic carbocycles. The molecule has 3 N–H and O–H groups in total. The zero-order chi connectivity index (χ0) is 10.3. The third-order valence-corrected chi connectivity index (χ3v) is 5.14. The minimum atomic E-state index is 0.486. The van der Waals surface area contributed by atoms with Crippen LogP contribution < -0.4 is 10.7 Å². The molecule has 0 radical (unpaired) electrons. The molecular weight excluding hydrogens is 204 g/mol. The average Bonchev–Trinajstić information content (AvgIpc) is 2.77. The zero-order valence-corrected chi connectivity index (χ0v) is 9.96. The molecule has 15 heavy (non-hydrogen) atoms. The van der Waals surface area contributed by atoms with Crippen molar-refractivity contribution in [3.05, 3.63) is 10.6 Å². The Labute approximate surface area is 94.9 Å². The molecule has 1 saturated carbocycles. The number of fused-ring (bicyclic) bond motifs is 2. The molecule has 0 unspecified atom stereocenters. The summed E-state index contributed by atoms with van der Waals surface area (Å²) in [5, 5.41) is 0.910. The van der Waals surface area contributed by atoms with Crippen LogP contribution in [0.15, 0.2) is 0 Å².